The van der Waals surface area contributed by atoms with Crippen LogP contribution < -0.4 is 15.4 Å². The van der Waals surface area contributed by atoms with E-state index in [2.05, 4.69) is 10.6 Å². The van der Waals surface area contributed by atoms with Gasteiger partial charge >= 0.3 is 0 Å². The Morgan fingerprint density at radius 2 is 2.00 bits per heavy atom. The fourth-order valence-electron chi connectivity index (χ4n) is 1.72. The molecule has 0 unspecified atom stereocenters. The van der Waals surface area contributed by atoms with Crippen molar-refractivity contribution in [3.63, 3.8) is 0 Å². The number of carbonyl (C=O) groups is 1. The van der Waals surface area contributed by atoms with Crippen LogP contribution in [0, 0.1) is 0 Å². The van der Waals surface area contributed by atoms with Gasteiger partial charge in [0.25, 0.3) is 0 Å². The summed E-state index contributed by atoms with van der Waals surface area (Å²) in [6.07, 6.45) is 0.426. The summed E-state index contributed by atoms with van der Waals surface area (Å²) in [5.74, 6) is 0.819. The zero-order valence-electron chi connectivity index (χ0n) is 13.0. The van der Waals surface area contributed by atoms with Crippen molar-refractivity contribution < 1.29 is 9.53 Å². The first-order chi connectivity index (χ1) is 9.58. The van der Waals surface area contributed by atoms with Gasteiger partial charge in [0.15, 0.2) is 0 Å². The summed E-state index contributed by atoms with van der Waals surface area (Å²) in [4.78, 5) is 13.6. The molecule has 1 aromatic rings. The highest BCUT2D eigenvalue weighted by atomic mass is 35.5. The van der Waals surface area contributed by atoms with Crippen LogP contribution in [0.25, 0.3) is 0 Å². The van der Waals surface area contributed by atoms with E-state index in [-0.39, 0.29) is 30.7 Å². The fourth-order valence-corrected chi connectivity index (χ4v) is 1.89. The third kappa shape index (κ3) is 7.94. The predicted octanol–water partition coefficient (Wildman–Crippen LogP) is 2.67. The maximum Gasteiger partial charge on any atom is 0.224 e. The molecule has 1 aromatic carbocycles. The molecule has 0 bridgehead atoms. The van der Waals surface area contributed by atoms with Crippen LogP contribution in [-0.2, 0) is 4.79 Å². The molecule has 1 amide bonds. The molecule has 0 aliphatic rings. The summed E-state index contributed by atoms with van der Waals surface area (Å²) in [5, 5.41) is 6.82. The van der Waals surface area contributed by atoms with Crippen LogP contribution in [0.15, 0.2) is 18.2 Å². The van der Waals surface area contributed by atoms with Crippen LogP contribution >= 0.6 is 36.4 Å². The number of nitrogens with one attached hydrogen (secondary N) is 2. The molecule has 0 radical (unpaired) electrons. The summed E-state index contributed by atoms with van der Waals surface area (Å²) in [7, 11) is 5.27. The minimum atomic E-state index is 0. The summed E-state index contributed by atoms with van der Waals surface area (Å²) in [6.45, 7) is 2.03. The number of rotatable bonds is 8. The van der Waals surface area contributed by atoms with Crippen molar-refractivity contribution in [3.05, 3.63) is 23.2 Å². The van der Waals surface area contributed by atoms with Gasteiger partial charge in [0.2, 0.25) is 5.91 Å². The Morgan fingerprint density at radius 3 is 2.59 bits per heavy atom. The van der Waals surface area contributed by atoms with E-state index in [1.165, 1.54) is 0 Å². The minimum Gasteiger partial charge on any atom is -0.495 e. The first-order valence-corrected chi connectivity index (χ1v) is 6.92. The van der Waals surface area contributed by atoms with E-state index in [0.29, 0.717) is 30.3 Å². The number of hydrogen-bond acceptors (Lipinski definition) is 4. The number of halogens is 3. The van der Waals surface area contributed by atoms with E-state index >= 15 is 0 Å². The maximum atomic E-state index is 11.9. The van der Waals surface area contributed by atoms with Crippen molar-refractivity contribution in [2.45, 2.75) is 6.42 Å². The predicted molar refractivity (Wildman–Crippen MR) is 97.2 cm³/mol. The van der Waals surface area contributed by atoms with Gasteiger partial charge in [-0.05, 0) is 25.2 Å². The molecule has 22 heavy (non-hydrogen) atoms. The van der Waals surface area contributed by atoms with E-state index in [9.17, 15) is 4.79 Å². The molecule has 8 heteroatoms. The molecule has 0 saturated carbocycles. The summed E-state index contributed by atoms with van der Waals surface area (Å²) in [6, 6.07) is 5.35. The van der Waals surface area contributed by atoms with E-state index in [1.54, 1.807) is 37.3 Å². The quantitative estimate of drug-likeness (QED) is 0.736. The van der Waals surface area contributed by atoms with Gasteiger partial charge in [0.1, 0.15) is 5.75 Å². The molecule has 5 nitrogen and oxygen atoms in total. The summed E-state index contributed by atoms with van der Waals surface area (Å²) < 4.78 is 5.23. The van der Waals surface area contributed by atoms with Crippen molar-refractivity contribution in [2.24, 2.45) is 0 Å². The fraction of sp³-hybridized carbons (Fsp3) is 0.500. The highest BCUT2D eigenvalue weighted by Crippen LogP contribution is 2.27. The highest BCUT2D eigenvalue weighted by Gasteiger charge is 2.08. The van der Waals surface area contributed by atoms with Crippen LogP contribution in [0.2, 0.25) is 5.02 Å². The molecule has 0 aliphatic carbocycles. The van der Waals surface area contributed by atoms with Crippen molar-refractivity contribution in [1.82, 2.24) is 10.2 Å². The van der Waals surface area contributed by atoms with Gasteiger partial charge in [-0.3, -0.25) is 4.79 Å². The number of hydrogen-bond donors (Lipinski definition) is 2. The van der Waals surface area contributed by atoms with E-state index in [0.717, 1.165) is 12.2 Å². The lowest BCUT2D eigenvalue weighted by atomic mass is 10.2. The second kappa shape index (κ2) is 12.6. The average Bonchev–Trinajstić information content (AvgIpc) is 2.44. The number of methoxy groups -OCH3 is 1. The van der Waals surface area contributed by atoms with Crippen molar-refractivity contribution in [1.29, 1.82) is 0 Å². The molecule has 2 N–H and O–H groups in total. The number of anilines is 1. The zero-order valence-corrected chi connectivity index (χ0v) is 15.4. The second-order valence-electron chi connectivity index (χ2n) is 4.44. The summed E-state index contributed by atoms with van der Waals surface area (Å²) in [5.41, 5.74) is 0.797. The Bertz CT molecular complexity index is 447. The van der Waals surface area contributed by atoms with Gasteiger partial charge in [-0.25, -0.2) is 0 Å². The molecule has 0 atom stereocenters. The maximum absolute atomic E-state index is 11.9. The smallest absolute Gasteiger partial charge is 0.224 e. The average molecular weight is 373 g/mol. The molecule has 0 heterocycles. The van der Waals surface area contributed by atoms with Gasteiger partial charge in [-0.2, -0.15) is 0 Å². The lowest BCUT2D eigenvalue weighted by molar-refractivity contribution is -0.129. The molecule has 128 valence electrons. The number of likely N-dealkylation sites (N-methyl/N-ethyl adjacent to an activating group) is 2. The first kappa shape index (κ1) is 23.4. The van der Waals surface area contributed by atoms with E-state index in [4.69, 9.17) is 16.3 Å². The SMILES string of the molecule is CNCCN(C)C(=O)CCNc1cc(Cl)ccc1OC.Cl.Cl. The van der Waals surface area contributed by atoms with Gasteiger partial charge in [-0.15, -0.1) is 24.8 Å². The zero-order chi connectivity index (χ0) is 15.0. The lowest BCUT2D eigenvalue weighted by Crippen LogP contribution is -2.33. The van der Waals surface area contributed by atoms with Gasteiger partial charge in [0, 0.05) is 38.1 Å². The Hall–Kier alpha value is -0.880. The highest BCUT2D eigenvalue weighted by molar-refractivity contribution is 6.30. The normalized spacial score (nSPS) is 9.27. The molecule has 0 fully saturated rings. The third-order valence-corrected chi connectivity index (χ3v) is 3.17. The molecule has 0 spiro atoms. The molecule has 0 saturated heterocycles. The lowest BCUT2D eigenvalue weighted by Gasteiger charge is -2.17. The van der Waals surface area contributed by atoms with Crippen LogP contribution in [-0.4, -0.2) is 51.6 Å². The molecular formula is C14H24Cl3N3O2. The molecule has 0 aliphatic heterocycles. The molecule has 1 rings (SSSR count). The van der Waals surface area contributed by atoms with Gasteiger partial charge in [0.05, 0.1) is 12.8 Å². The molecule has 0 aromatic heterocycles. The van der Waals surface area contributed by atoms with Gasteiger partial charge in [-0.1, -0.05) is 11.6 Å². The minimum absolute atomic E-state index is 0. The Morgan fingerprint density at radius 1 is 1.32 bits per heavy atom. The second-order valence-corrected chi connectivity index (χ2v) is 4.88. The number of nitrogens with zero attached hydrogens (tertiary/aromatic N) is 1. The first-order valence-electron chi connectivity index (χ1n) is 6.54. The Kier molecular flexibility index (Phi) is 13.4. The number of ether oxygens (including phenoxy) is 1. The largest absolute Gasteiger partial charge is 0.495 e. The summed E-state index contributed by atoms with van der Waals surface area (Å²) >= 11 is 5.95. The van der Waals surface area contributed by atoms with Crippen LogP contribution in [0.1, 0.15) is 6.42 Å². The Labute approximate surface area is 149 Å². The van der Waals surface area contributed by atoms with Crippen LogP contribution in [0.4, 0.5) is 5.69 Å². The van der Waals surface area contributed by atoms with E-state index < -0.39 is 0 Å². The topological polar surface area (TPSA) is 53.6 Å². The van der Waals surface area contributed by atoms with Crippen LogP contribution in [0.3, 0.4) is 0 Å². The van der Waals surface area contributed by atoms with Crippen LogP contribution in [0.5, 0.6) is 5.75 Å². The number of benzene rings is 1. The number of amides is 1. The Balaban J connectivity index is 0. The van der Waals surface area contributed by atoms with Crippen molar-refractivity contribution in [2.75, 3.05) is 46.2 Å². The van der Waals surface area contributed by atoms with Crippen molar-refractivity contribution >= 4 is 48.0 Å². The van der Waals surface area contributed by atoms with Gasteiger partial charge < -0.3 is 20.3 Å². The standard InChI is InChI=1S/C14H22ClN3O2.2ClH/c1-16-8-9-18(2)14(19)6-7-17-12-10-11(15)4-5-13(12)20-3;;/h4-5,10,16-17H,6-9H2,1-3H3;2*1H. The third-order valence-electron chi connectivity index (χ3n) is 2.94. The molecular weight excluding hydrogens is 349 g/mol. The monoisotopic (exact) mass is 371 g/mol. The van der Waals surface area contributed by atoms with E-state index in [1.807, 2.05) is 7.05 Å². The van der Waals surface area contributed by atoms with Crippen molar-refractivity contribution in [3.8, 4) is 5.75 Å². The number of carbonyl (C=O) groups excluding carboxylic acids is 1.